The summed E-state index contributed by atoms with van der Waals surface area (Å²) >= 11 is 0. The first-order valence-corrected chi connectivity index (χ1v) is 8.08. The molecule has 9 nitrogen and oxygen atoms in total. The number of aliphatic hydroxyl groups excluding tert-OH is 1. The summed E-state index contributed by atoms with van der Waals surface area (Å²) in [6.45, 7) is 3.40. The van der Waals surface area contributed by atoms with Gasteiger partial charge in [0.05, 0.1) is 11.5 Å². The average molecular weight is 344 g/mol. The van der Waals surface area contributed by atoms with Crippen molar-refractivity contribution in [3.8, 4) is 0 Å². The molecule has 1 saturated heterocycles. The monoisotopic (exact) mass is 344 g/mol. The molecule has 2 heterocycles. The summed E-state index contributed by atoms with van der Waals surface area (Å²) < 4.78 is 0. The molecule has 3 rings (SSSR count). The number of para-hydroxylation sites is 1. The number of aromatic nitrogens is 2. The van der Waals surface area contributed by atoms with Crippen LogP contribution in [0.1, 0.15) is 0 Å². The molecular formula is C16H20N6O3. The third-order valence-corrected chi connectivity index (χ3v) is 4.11. The number of hydrogen-bond acceptors (Lipinski definition) is 8. The van der Waals surface area contributed by atoms with Gasteiger partial charge in [-0.3, -0.25) is 15.0 Å². The van der Waals surface area contributed by atoms with Crippen LogP contribution < -0.4 is 10.2 Å². The van der Waals surface area contributed by atoms with Crippen LogP contribution in [0.2, 0.25) is 0 Å². The maximum Gasteiger partial charge on any atom is 0.353 e. The Morgan fingerprint density at radius 3 is 2.52 bits per heavy atom. The quantitative estimate of drug-likeness (QED) is 0.595. The van der Waals surface area contributed by atoms with Crippen molar-refractivity contribution in [1.82, 2.24) is 14.9 Å². The first-order valence-electron chi connectivity index (χ1n) is 8.08. The molecule has 1 fully saturated rings. The molecule has 0 aliphatic carbocycles. The zero-order chi connectivity index (χ0) is 17.6. The van der Waals surface area contributed by atoms with Crippen molar-refractivity contribution in [1.29, 1.82) is 0 Å². The summed E-state index contributed by atoms with van der Waals surface area (Å²) in [5.74, 6) is 0.501. The number of nitro groups is 1. The van der Waals surface area contributed by atoms with Gasteiger partial charge in [-0.1, -0.05) is 18.2 Å². The van der Waals surface area contributed by atoms with Crippen molar-refractivity contribution in [3.05, 3.63) is 46.8 Å². The van der Waals surface area contributed by atoms with Crippen molar-refractivity contribution in [2.75, 3.05) is 49.5 Å². The second kappa shape index (κ2) is 7.86. The second-order valence-electron chi connectivity index (χ2n) is 5.69. The minimum Gasteiger partial charge on any atom is -0.395 e. The Labute approximate surface area is 145 Å². The van der Waals surface area contributed by atoms with Crippen molar-refractivity contribution >= 4 is 23.0 Å². The molecule has 25 heavy (non-hydrogen) atoms. The van der Waals surface area contributed by atoms with E-state index < -0.39 is 4.92 Å². The van der Waals surface area contributed by atoms with E-state index >= 15 is 0 Å². The Hall–Kier alpha value is -2.78. The Balaban J connectivity index is 1.85. The molecule has 0 radical (unpaired) electrons. The maximum atomic E-state index is 11.7. The topological polar surface area (TPSA) is 108 Å². The predicted molar refractivity (Wildman–Crippen MR) is 94.1 cm³/mol. The van der Waals surface area contributed by atoms with Crippen LogP contribution in [0.15, 0.2) is 36.7 Å². The van der Waals surface area contributed by atoms with Crippen LogP contribution in [0.4, 0.5) is 23.0 Å². The second-order valence-corrected chi connectivity index (χ2v) is 5.69. The molecule has 1 aliphatic rings. The highest BCUT2D eigenvalue weighted by Gasteiger charge is 2.29. The summed E-state index contributed by atoms with van der Waals surface area (Å²) in [7, 11) is 0. The molecule has 0 atom stereocenters. The van der Waals surface area contributed by atoms with E-state index in [0.29, 0.717) is 25.5 Å². The van der Waals surface area contributed by atoms with Crippen LogP contribution in [-0.2, 0) is 0 Å². The van der Waals surface area contributed by atoms with E-state index in [-0.39, 0.29) is 18.1 Å². The van der Waals surface area contributed by atoms with Crippen LogP contribution in [-0.4, -0.2) is 64.2 Å². The molecule has 0 unspecified atom stereocenters. The number of nitrogens with zero attached hydrogens (tertiary/aromatic N) is 5. The fourth-order valence-corrected chi connectivity index (χ4v) is 2.84. The van der Waals surface area contributed by atoms with Crippen molar-refractivity contribution < 1.29 is 10.0 Å². The number of aliphatic hydroxyl groups is 1. The third-order valence-electron chi connectivity index (χ3n) is 4.11. The molecule has 132 valence electrons. The zero-order valence-electron chi connectivity index (χ0n) is 13.7. The van der Waals surface area contributed by atoms with Crippen LogP contribution in [0, 0.1) is 10.1 Å². The largest absolute Gasteiger partial charge is 0.395 e. The summed E-state index contributed by atoms with van der Waals surface area (Å²) in [5, 5.41) is 23.7. The number of anilines is 3. The van der Waals surface area contributed by atoms with Gasteiger partial charge in [0.25, 0.3) is 0 Å². The van der Waals surface area contributed by atoms with Gasteiger partial charge in [-0.2, -0.15) is 0 Å². The van der Waals surface area contributed by atoms with Gasteiger partial charge in [0.15, 0.2) is 0 Å². The molecule has 0 saturated carbocycles. The zero-order valence-corrected chi connectivity index (χ0v) is 13.7. The average Bonchev–Trinajstić information content (AvgIpc) is 2.63. The van der Waals surface area contributed by atoms with E-state index in [9.17, 15) is 10.1 Å². The van der Waals surface area contributed by atoms with Crippen molar-refractivity contribution in [2.45, 2.75) is 0 Å². The number of rotatable bonds is 6. The van der Waals surface area contributed by atoms with E-state index in [2.05, 4.69) is 20.2 Å². The van der Waals surface area contributed by atoms with Gasteiger partial charge in [0.2, 0.25) is 11.6 Å². The number of hydrogen-bond donors (Lipinski definition) is 2. The Kier molecular flexibility index (Phi) is 5.36. The van der Waals surface area contributed by atoms with Gasteiger partial charge in [0, 0.05) is 38.4 Å². The van der Waals surface area contributed by atoms with Crippen LogP contribution in [0.5, 0.6) is 0 Å². The van der Waals surface area contributed by atoms with E-state index in [1.807, 2.05) is 35.2 Å². The fourth-order valence-electron chi connectivity index (χ4n) is 2.84. The molecule has 1 aromatic carbocycles. The summed E-state index contributed by atoms with van der Waals surface area (Å²) in [4.78, 5) is 23.4. The number of nitrogens with one attached hydrogen (secondary N) is 1. The molecule has 0 spiro atoms. The van der Waals surface area contributed by atoms with Crippen LogP contribution in [0.3, 0.4) is 0 Å². The molecule has 2 aromatic rings. The molecule has 2 N–H and O–H groups in total. The van der Waals surface area contributed by atoms with E-state index in [0.717, 1.165) is 18.8 Å². The Bertz CT molecular complexity index is 719. The third kappa shape index (κ3) is 4.01. The molecular weight excluding hydrogens is 324 g/mol. The van der Waals surface area contributed by atoms with Gasteiger partial charge in [-0.05, 0) is 12.1 Å². The first kappa shape index (κ1) is 17.1. The van der Waals surface area contributed by atoms with Gasteiger partial charge >= 0.3 is 5.69 Å². The highest BCUT2D eigenvalue weighted by atomic mass is 16.6. The van der Waals surface area contributed by atoms with E-state index in [4.69, 9.17) is 5.11 Å². The smallest absolute Gasteiger partial charge is 0.353 e. The lowest BCUT2D eigenvalue weighted by Gasteiger charge is -2.34. The van der Waals surface area contributed by atoms with Crippen molar-refractivity contribution in [3.63, 3.8) is 0 Å². The number of benzene rings is 1. The normalized spacial score (nSPS) is 15.2. The van der Waals surface area contributed by atoms with Gasteiger partial charge < -0.3 is 15.3 Å². The number of β-amino-alcohol motifs (C(OH)–C–C–N with tert-alkyl or cyclic N) is 1. The van der Waals surface area contributed by atoms with E-state index in [1.54, 1.807) is 0 Å². The van der Waals surface area contributed by atoms with Gasteiger partial charge in [0.1, 0.15) is 6.33 Å². The first-order chi connectivity index (χ1) is 12.2. The lowest BCUT2D eigenvalue weighted by molar-refractivity contribution is -0.383. The highest BCUT2D eigenvalue weighted by Crippen LogP contribution is 2.33. The molecule has 1 aromatic heterocycles. The minimum atomic E-state index is -0.444. The molecule has 1 aliphatic heterocycles. The van der Waals surface area contributed by atoms with Crippen LogP contribution in [0.25, 0.3) is 0 Å². The number of piperazine rings is 1. The lowest BCUT2D eigenvalue weighted by atomic mass is 10.2. The van der Waals surface area contributed by atoms with Crippen LogP contribution >= 0.6 is 0 Å². The summed E-state index contributed by atoms with van der Waals surface area (Å²) in [6.07, 6.45) is 1.34. The maximum absolute atomic E-state index is 11.7. The fraction of sp³-hybridized carbons (Fsp3) is 0.375. The molecule has 9 heteroatoms. The standard InChI is InChI=1S/C16H20N6O3/c23-11-10-20-6-8-21(9-7-20)16-14(22(24)25)15(17-12-18-16)19-13-4-2-1-3-5-13/h1-5,12,23H,6-11H2,(H,17,18,19). The predicted octanol–water partition coefficient (Wildman–Crippen LogP) is 1.24. The minimum absolute atomic E-state index is 0.110. The van der Waals surface area contributed by atoms with E-state index in [1.165, 1.54) is 6.33 Å². The van der Waals surface area contributed by atoms with Gasteiger partial charge in [-0.15, -0.1) is 0 Å². The Morgan fingerprint density at radius 2 is 1.88 bits per heavy atom. The highest BCUT2D eigenvalue weighted by molar-refractivity contribution is 5.74. The summed E-state index contributed by atoms with van der Waals surface area (Å²) in [6, 6.07) is 9.20. The Morgan fingerprint density at radius 1 is 1.16 bits per heavy atom. The molecule has 0 bridgehead atoms. The molecule has 0 amide bonds. The lowest BCUT2D eigenvalue weighted by Crippen LogP contribution is -2.47. The van der Waals surface area contributed by atoms with Gasteiger partial charge in [-0.25, -0.2) is 9.97 Å². The van der Waals surface area contributed by atoms with Crippen molar-refractivity contribution in [2.24, 2.45) is 0 Å². The summed E-state index contributed by atoms with van der Waals surface area (Å²) in [5.41, 5.74) is 0.602. The SMILES string of the molecule is O=[N+]([O-])c1c(Nc2ccccc2)ncnc1N1CCN(CCO)CC1.